The van der Waals surface area contributed by atoms with Crippen LogP contribution in [-0.2, 0) is 0 Å². The predicted molar refractivity (Wildman–Crippen MR) is 98.9 cm³/mol. The van der Waals surface area contributed by atoms with Crippen molar-refractivity contribution in [3.8, 4) is 17.2 Å². The molecule has 1 unspecified atom stereocenters. The Bertz CT molecular complexity index is 815. The van der Waals surface area contributed by atoms with E-state index in [1.807, 2.05) is 30.3 Å². The molecule has 0 spiro atoms. The molecule has 5 heteroatoms. The normalized spacial score (nSPS) is 10.6. The van der Waals surface area contributed by atoms with Crippen molar-refractivity contribution in [1.29, 1.82) is 0 Å². The van der Waals surface area contributed by atoms with Crippen LogP contribution in [0.25, 0.3) is 0 Å². The highest BCUT2D eigenvalue weighted by atomic mass is 31.1. The minimum atomic E-state index is -0.149. The van der Waals surface area contributed by atoms with Gasteiger partial charge in [-0.2, -0.15) is 0 Å². The molecule has 0 radical (unpaired) electrons. The number of ketones is 1. The van der Waals surface area contributed by atoms with Gasteiger partial charge < -0.3 is 13.8 Å². The Morgan fingerprint density at radius 2 is 1.16 bits per heavy atom. The first kappa shape index (κ1) is 17.0. The van der Waals surface area contributed by atoms with E-state index in [1.165, 1.54) is 0 Å². The topological polar surface area (TPSA) is 44.8 Å². The molecule has 0 bridgehead atoms. The fourth-order valence-electron chi connectivity index (χ4n) is 2.19. The van der Waals surface area contributed by atoms with Crippen molar-refractivity contribution >= 4 is 14.8 Å². The fourth-order valence-corrected chi connectivity index (χ4v) is 2.70. The van der Waals surface area contributed by atoms with E-state index in [1.54, 1.807) is 55.6 Å². The minimum Gasteiger partial charge on any atom is -0.497 e. The van der Waals surface area contributed by atoms with Crippen molar-refractivity contribution in [1.82, 2.24) is 0 Å². The van der Waals surface area contributed by atoms with Gasteiger partial charge in [-0.05, 0) is 60.7 Å². The van der Waals surface area contributed by atoms with Crippen molar-refractivity contribution < 1.29 is 18.6 Å². The van der Waals surface area contributed by atoms with Crippen molar-refractivity contribution in [3.63, 3.8) is 0 Å². The summed E-state index contributed by atoms with van der Waals surface area (Å²) in [4.78, 5) is 12.5. The molecule has 0 heterocycles. The lowest BCUT2D eigenvalue weighted by atomic mass is 10.0. The minimum absolute atomic E-state index is 0.0443. The van der Waals surface area contributed by atoms with Gasteiger partial charge in [0.2, 0.25) is 0 Å². The van der Waals surface area contributed by atoms with Gasteiger partial charge in [0.1, 0.15) is 17.2 Å². The maximum atomic E-state index is 12.5. The van der Waals surface area contributed by atoms with Crippen LogP contribution in [-0.4, -0.2) is 12.9 Å². The van der Waals surface area contributed by atoms with Crippen LogP contribution >= 0.6 is 9.03 Å². The van der Waals surface area contributed by atoms with E-state index in [0.29, 0.717) is 16.9 Å². The van der Waals surface area contributed by atoms with Crippen molar-refractivity contribution in [3.05, 3.63) is 90.0 Å². The van der Waals surface area contributed by atoms with Gasteiger partial charge in [0.25, 0.3) is 9.03 Å². The summed E-state index contributed by atoms with van der Waals surface area (Å²) in [5, 5.41) is 0. The summed E-state index contributed by atoms with van der Waals surface area (Å²) in [6.07, 6.45) is 0. The molecule has 3 aromatic carbocycles. The quantitative estimate of drug-likeness (QED) is 0.448. The van der Waals surface area contributed by atoms with Crippen LogP contribution in [0.5, 0.6) is 17.2 Å². The number of rotatable bonds is 7. The Kier molecular flexibility index (Phi) is 5.65. The van der Waals surface area contributed by atoms with Gasteiger partial charge in [-0.3, -0.25) is 4.79 Å². The molecule has 0 aliphatic heterocycles. The summed E-state index contributed by atoms with van der Waals surface area (Å²) in [5.74, 6) is 2.09. The van der Waals surface area contributed by atoms with Crippen LogP contribution in [0.2, 0.25) is 0 Å². The smallest absolute Gasteiger partial charge is 0.275 e. The van der Waals surface area contributed by atoms with E-state index in [0.717, 1.165) is 11.5 Å². The zero-order valence-electron chi connectivity index (χ0n) is 13.6. The third kappa shape index (κ3) is 4.59. The molecule has 0 aliphatic rings. The lowest BCUT2D eigenvalue weighted by Gasteiger charge is -2.08. The molecule has 3 rings (SSSR count). The van der Waals surface area contributed by atoms with Crippen molar-refractivity contribution in [2.75, 3.05) is 7.11 Å². The summed E-state index contributed by atoms with van der Waals surface area (Å²) in [6.45, 7) is 0. The van der Waals surface area contributed by atoms with Crippen LogP contribution in [0.4, 0.5) is 0 Å². The van der Waals surface area contributed by atoms with Gasteiger partial charge in [-0.15, -0.1) is 0 Å². The maximum absolute atomic E-state index is 12.5. The highest BCUT2D eigenvalue weighted by Gasteiger charge is 2.09. The number of benzene rings is 3. The molecule has 1 atom stereocenters. The molecule has 0 fully saturated rings. The molecule has 0 amide bonds. The third-order valence-electron chi connectivity index (χ3n) is 3.53. The fraction of sp³-hybridized carbons (Fsp3) is 0.0500. The Balaban J connectivity index is 1.58. The SMILES string of the molecule is COc1ccc(C(=O)c2ccc(OPOc3ccccc3)cc2)cc1. The first-order valence-corrected chi connectivity index (χ1v) is 8.50. The summed E-state index contributed by atoms with van der Waals surface area (Å²) >= 11 is 0. The van der Waals surface area contributed by atoms with E-state index in [9.17, 15) is 4.79 Å². The molecule has 0 saturated heterocycles. The molecule has 4 nitrogen and oxygen atoms in total. The Morgan fingerprint density at radius 3 is 1.68 bits per heavy atom. The zero-order valence-corrected chi connectivity index (χ0v) is 14.6. The van der Waals surface area contributed by atoms with Crippen LogP contribution in [0.15, 0.2) is 78.9 Å². The van der Waals surface area contributed by atoms with Crippen LogP contribution < -0.4 is 13.8 Å². The second-order valence-electron chi connectivity index (χ2n) is 5.18. The highest BCUT2D eigenvalue weighted by Crippen LogP contribution is 2.25. The Hall–Kier alpha value is -2.84. The second kappa shape index (κ2) is 8.32. The third-order valence-corrected chi connectivity index (χ3v) is 4.17. The molecule has 3 aromatic rings. The van der Waals surface area contributed by atoms with E-state index in [4.69, 9.17) is 13.8 Å². The zero-order chi connectivity index (χ0) is 17.5. The van der Waals surface area contributed by atoms with Gasteiger partial charge in [0.15, 0.2) is 5.78 Å². The monoisotopic (exact) mass is 352 g/mol. The lowest BCUT2D eigenvalue weighted by molar-refractivity contribution is 0.103. The van der Waals surface area contributed by atoms with Gasteiger partial charge in [0, 0.05) is 11.1 Å². The highest BCUT2D eigenvalue weighted by molar-refractivity contribution is 7.27. The summed E-state index contributed by atoms with van der Waals surface area (Å²) in [6, 6.07) is 23.5. The number of methoxy groups -OCH3 is 1. The Morgan fingerprint density at radius 1 is 0.680 bits per heavy atom. The number of ether oxygens (including phenoxy) is 1. The summed E-state index contributed by atoms with van der Waals surface area (Å²) in [7, 11) is 1.45. The lowest BCUT2D eigenvalue weighted by Crippen LogP contribution is -2.01. The molecule has 126 valence electrons. The Labute approximate surface area is 148 Å². The van der Waals surface area contributed by atoms with Gasteiger partial charge in [-0.1, -0.05) is 18.2 Å². The molecule has 0 N–H and O–H groups in total. The average molecular weight is 352 g/mol. The molecular weight excluding hydrogens is 335 g/mol. The van der Waals surface area contributed by atoms with Crippen LogP contribution in [0.1, 0.15) is 15.9 Å². The number of para-hydroxylation sites is 1. The van der Waals surface area contributed by atoms with Crippen LogP contribution in [0, 0.1) is 0 Å². The first-order valence-electron chi connectivity index (χ1n) is 7.69. The number of hydrogen-bond donors (Lipinski definition) is 0. The summed E-state index contributed by atoms with van der Waals surface area (Å²) < 4.78 is 16.2. The number of carbonyl (C=O) groups excluding carboxylic acids is 1. The number of carbonyl (C=O) groups is 1. The summed E-state index contributed by atoms with van der Waals surface area (Å²) in [5.41, 5.74) is 1.22. The van der Waals surface area contributed by atoms with Crippen molar-refractivity contribution in [2.24, 2.45) is 0 Å². The van der Waals surface area contributed by atoms with Gasteiger partial charge >= 0.3 is 0 Å². The van der Waals surface area contributed by atoms with E-state index in [-0.39, 0.29) is 14.8 Å². The van der Waals surface area contributed by atoms with Gasteiger partial charge in [-0.25, -0.2) is 0 Å². The second-order valence-corrected chi connectivity index (χ2v) is 5.76. The van der Waals surface area contributed by atoms with Crippen molar-refractivity contribution in [2.45, 2.75) is 0 Å². The largest absolute Gasteiger partial charge is 0.497 e. The molecule has 0 aliphatic carbocycles. The maximum Gasteiger partial charge on any atom is 0.275 e. The molecular formula is C20H17O4P. The van der Waals surface area contributed by atoms with Crippen LogP contribution in [0.3, 0.4) is 0 Å². The van der Waals surface area contributed by atoms with E-state index in [2.05, 4.69) is 0 Å². The molecule has 25 heavy (non-hydrogen) atoms. The molecule has 0 aromatic heterocycles. The first-order chi connectivity index (χ1) is 12.3. The standard InChI is InChI=1S/C20H17O4P/c1-22-17-11-7-15(8-12-17)20(21)16-9-13-19(14-10-16)24-25-23-18-5-3-2-4-6-18/h2-14,25H,1H3. The van der Waals surface area contributed by atoms with E-state index < -0.39 is 0 Å². The van der Waals surface area contributed by atoms with E-state index >= 15 is 0 Å². The predicted octanol–water partition coefficient (Wildman–Crippen LogP) is 4.89. The van der Waals surface area contributed by atoms with Gasteiger partial charge in [0.05, 0.1) is 7.11 Å². The number of hydrogen-bond acceptors (Lipinski definition) is 4. The molecule has 0 saturated carbocycles. The average Bonchev–Trinajstić information content (AvgIpc) is 2.69.